The quantitative estimate of drug-likeness (QED) is 0.114. The van der Waals surface area contributed by atoms with Crippen molar-refractivity contribution in [3.63, 3.8) is 0 Å². The van der Waals surface area contributed by atoms with Crippen LogP contribution in [0.5, 0.6) is 11.5 Å². The molecule has 7 aromatic carbocycles. The minimum Gasteiger partial charge on any atom is -0.509 e. The molecule has 0 radical (unpaired) electrons. The molecule has 0 N–H and O–H groups in total. The van der Waals surface area contributed by atoms with Gasteiger partial charge in [0.1, 0.15) is 5.82 Å². The molecule has 1 aliphatic heterocycles. The number of anilines is 2. The summed E-state index contributed by atoms with van der Waals surface area (Å²) in [6, 6.07) is 63.2. The van der Waals surface area contributed by atoms with E-state index in [0.717, 1.165) is 50.3 Å². The summed E-state index contributed by atoms with van der Waals surface area (Å²) in [7, 11) is 0. The molecular weight excluding hydrogens is 1160 g/mol. The van der Waals surface area contributed by atoms with Crippen molar-refractivity contribution >= 4 is 38.9 Å². The predicted octanol–water partition coefficient (Wildman–Crippen LogP) is 19.8. The van der Waals surface area contributed by atoms with Crippen molar-refractivity contribution < 1.29 is 25.8 Å². The van der Waals surface area contributed by atoms with Crippen molar-refractivity contribution in [2.75, 3.05) is 9.80 Å². The summed E-state index contributed by atoms with van der Waals surface area (Å²) < 4.78 is 9.41. The van der Waals surface area contributed by atoms with E-state index in [1.165, 1.54) is 50.1 Å². The molecule has 0 spiro atoms. The van der Waals surface area contributed by atoms with Crippen LogP contribution in [0.4, 0.5) is 11.4 Å². The smallest absolute Gasteiger partial charge is 0.135 e. The average molecular weight is 1240 g/mol. The predicted molar refractivity (Wildman–Crippen MR) is 334 cm³/mol. The zero-order chi connectivity index (χ0) is 56.6. The number of nitrogens with zero attached hydrogens (tertiary/aromatic N) is 4. The van der Waals surface area contributed by atoms with Gasteiger partial charge in [0, 0.05) is 72.1 Å². The van der Waals surface area contributed by atoms with E-state index < -0.39 is 0 Å². The topological polar surface area (TPSA) is 33.5 Å². The second-order valence-electron chi connectivity index (χ2n) is 26.8. The third-order valence-corrected chi connectivity index (χ3v) is 16.6. The van der Waals surface area contributed by atoms with Crippen molar-refractivity contribution in [2.45, 2.75) is 157 Å². The molecule has 5 nitrogen and oxygen atoms in total. The molecule has 9 aromatic rings. The first kappa shape index (κ1) is 58.0. The molecule has 0 saturated heterocycles. The van der Waals surface area contributed by atoms with Crippen molar-refractivity contribution in [2.24, 2.45) is 0 Å². The third-order valence-electron chi connectivity index (χ3n) is 16.6. The molecule has 10 rings (SSSR count). The van der Waals surface area contributed by atoms with Crippen LogP contribution in [0.15, 0.2) is 164 Å². The minimum atomic E-state index is -0.272. The maximum atomic E-state index is 7.15. The maximum absolute atomic E-state index is 7.15. The van der Waals surface area contributed by atoms with Crippen LogP contribution in [0.1, 0.15) is 185 Å². The number of pyridine rings is 1. The van der Waals surface area contributed by atoms with E-state index in [1.54, 1.807) is 0 Å². The minimum absolute atomic E-state index is 0. The second-order valence-corrected chi connectivity index (χ2v) is 26.8. The molecule has 0 bridgehead atoms. The normalized spacial score (nSPS) is 13.7. The number of hydrogen-bond acceptors (Lipinski definition) is 4. The van der Waals surface area contributed by atoms with E-state index in [-0.39, 0.29) is 48.1 Å². The van der Waals surface area contributed by atoms with Crippen LogP contribution in [-0.2, 0) is 48.1 Å². The Kier molecular flexibility index (Phi) is 15.7. The molecule has 2 aromatic heterocycles. The van der Waals surface area contributed by atoms with Gasteiger partial charge in [-0.2, -0.15) is 6.07 Å². The van der Waals surface area contributed by atoms with Crippen LogP contribution in [0, 0.1) is 18.8 Å². The van der Waals surface area contributed by atoms with Gasteiger partial charge in [-0.15, -0.1) is 53.6 Å². The Morgan fingerprint density at radius 1 is 0.487 bits per heavy atom. The van der Waals surface area contributed by atoms with Gasteiger partial charge in [0.05, 0.1) is 0 Å². The van der Waals surface area contributed by atoms with Gasteiger partial charge in [-0.05, 0) is 115 Å². The Morgan fingerprint density at radius 3 is 1.59 bits per heavy atom. The molecule has 3 heterocycles. The zero-order valence-corrected chi connectivity index (χ0v) is 52.6. The van der Waals surface area contributed by atoms with E-state index in [2.05, 4.69) is 309 Å². The van der Waals surface area contributed by atoms with Gasteiger partial charge in [-0.25, -0.2) is 4.98 Å². The summed E-state index contributed by atoms with van der Waals surface area (Å²) >= 11 is 0. The van der Waals surface area contributed by atoms with E-state index >= 15 is 0 Å². The van der Waals surface area contributed by atoms with Gasteiger partial charge in [0.25, 0.3) is 0 Å². The van der Waals surface area contributed by atoms with E-state index in [9.17, 15) is 0 Å². The monoisotopic (exact) mass is 1240 g/mol. The molecule has 6 heteroatoms. The van der Waals surface area contributed by atoms with Crippen LogP contribution < -0.4 is 14.5 Å². The first-order chi connectivity index (χ1) is 37.2. The van der Waals surface area contributed by atoms with Crippen LogP contribution in [0.25, 0.3) is 33.3 Å². The summed E-state index contributed by atoms with van der Waals surface area (Å²) in [6.07, 6.45) is 4.29. The number of rotatable bonds is 12. The number of benzene rings is 7. The van der Waals surface area contributed by atoms with Crippen LogP contribution in [-0.4, -0.2) is 9.55 Å². The molecule has 416 valence electrons. The SMILES string of the molecule is CC(C)c1cccc(C(C)C)c1C1=CN(c2cc(C(C)(C)C)cc(C(C)(C)C)c2)[CH-]N1c1[c-]c(Oc2[c-]c3c(cc2)c2cc(C(C)(C)c4ccccc4)ccc2n3-c2cc(C(C)(C)c3ccccc3)ccn2)cc(C(C)(C)C)c1.[Pt]. The Morgan fingerprint density at radius 2 is 1.04 bits per heavy atom. The number of ether oxygens (including phenoxy) is 1. The number of hydrogen-bond donors (Lipinski definition) is 0. The molecule has 1 aliphatic rings. The molecular formula is C74H81N4OPt-3. The van der Waals surface area contributed by atoms with Gasteiger partial charge in [0.15, 0.2) is 0 Å². The Balaban J connectivity index is 0.00000774. The van der Waals surface area contributed by atoms with Gasteiger partial charge in [-0.3, -0.25) is 0 Å². The fraction of sp³-hybridized carbons (Fsp3) is 0.324. The summed E-state index contributed by atoms with van der Waals surface area (Å²) in [6.45, 7) is 41.3. The van der Waals surface area contributed by atoms with Gasteiger partial charge >= 0.3 is 0 Å². The third kappa shape index (κ3) is 11.2. The summed E-state index contributed by atoms with van der Waals surface area (Å²) in [5.74, 6) is 2.63. The summed E-state index contributed by atoms with van der Waals surface area (Å²) in [5.41, 5.74) is 16.8. The fourth-order valence-electron chi connectivity index (χ4n) is 11.3. The maximum Gasteiger partial charge on any atom is 0.135 e. The Hall–Kier alpha value is -6.68. The zero-order valence-electron chi connectivity index (χ0n) is 50.3. The molecule has 0 unspecified atom stereocenters. The van der Waals surface area contributed by atoms with Crippen LogP contribution in [0.2, 0.25) is 0 Å². The number of fused-ring (bicyclic) bond motifs is 3. The molecule has 0 saturated carbocycles. The first-order valence-electron chi connectivity index (χ1n) is 28.5. The Labute approximate surface area is 493 Å². The molecule has 0 atom stereocenters. The van der Waals surface area contributed by atoms with Gasteiger partial charge in [0.2, 0.25) is 0 Å². The van der Waals surface area contributed by atoms with Crippen LogP contribution in [0.3, 0.4) is 0 Å². The standard InChI is InChI=1S/C74H81N4O.Pt/c1-48(2)61-29-24-30-62(49(3)4)69(61)67-46-76(57-38-54(70(5,6)7)37-55(39-57)71(8,9)10)47-77(67)58-40-56(72(11,12)13)41-60(44-58)79-59-32-33-63-64-42-52(73(14,15)50-25-20-18-21-26-50)31-34-65(64)78(66(63)45-59)68-43-53(35-36-75-68)74(16,17)51-27-22-19-23-28-51;/h18-43,46-49H,1-17H3;/q-3;. The summed E-state index contributed by atoms with van der Waals surface area (Å²) in [4.78, 5) is 9.80. The molecule has 0 aliphatic carbocycles. The van der Waals surface area contributed by atoms with Gasteiger partial charge in [-0.1, -0.05) is 220 Å². The van der Waals surface area contributed by atoms with E-state index in [1.807, 2.05) is 6.20 Å². The molecule has 0 amide bonds. The van der Waals surface area contributed by atoms with E-state index in [0.29, 0.717) is 23.3 Å². The van der Waals surface area contributed by atoms with Crippen molar-refractivity contribution in [1.29, 1.82) is 0 Å². The van der Waals surface area contributed by atoms with Crippen molar-refractivity contribution in [1.82, 2.24) is 9.55 Å². The van der Waals surface area contributed by atoms with Crippen molar-refractivity contribution in [3.8, 4) is 17.3 Å². The summed E-state index contributed by atoms with van der Waals surface area (Å²) in [5, 5.41) is 2.21. The Bertz CT molecular complexity index is 3690. The fourth-order valence-corrected chi connectivity index (χ4v) is 11.3. The van der Waals surface area contributed by atoms with Crippen LogP contribution >= 0.6 is 0 Å². The average Bonchev–Trinajstić information content (AvgIpc) is 4.24. The molecule has 80 heavy (non-hydrogen) atoms. The van der Waals surface area contributed by atoms with Gasteiger partial charge < -0.3 is 19.1 Å². The van der Waals surface area contributed by atoms with Crippen molar-refractivity contribution in [3.05, 3.63) is 238 Å². The number of aromatic nitrogens is 2. The largest absolute Gasteiger partial charge is 0.509 e. The van der Waals surface area contributed by atoms with E-state index in [4.69, 9.17) is 9.72 Å². The second kappa shape index (κ2) is 21.7. The molecule has 0 fully saturated rings. The first-order valence-corrected chi connectivity index (χ1v) is 28.5.